The predicted octanol–water partition coefficient (Wildman–Crippen LogP) is 10.4. The van der Waals surface area contributed by atoms with Gasteiger partial charge in [-0.2, -0.15) is 0 Å². The van der Waals surface area contributed by atoms with Crippen molar-refractivity contribution >= 4 is 55.8 Å². The normalized spacial score (nSPS) is 11.6. The van der Waals surface area contributed by atoms with Crippen molar-refractivity contribution in [3.8, 4) is 45.3 Å². The maximum Gasteiger partial charge on any atom is 0.171 e. The lowest BCUT2D eigenvalue weighted by atomic mass is 9.96. The van der Waals surface area contributed by atoms with Crippen LogP contribution in [0.4, 0.5) is 0 Å². The van der Waals surface area contributed by atoms with Gasteiger partial charge in [-0.25, -0.2) is 19.9 Å². The molecule has 0 unspecified atom stereocenters. The highest BCUT2D eigenvalue weighted by Crippen LogP contribution is 2.43. The Hall–Kier alpha value is -7.14. The standard InChI is InChI=1S/C49H32N5OP/c55-56(39-21-6-2-7-22-39,40-23-8-3-9-24-40)41-25-13-20-37(31-41)49-53-47(33-15-4-1-5-16-33)52-48(54-49)36-19-12-18-34(29-36)43-32-38-30-35-17-10-11-27-44(35)51-45(38)46-42(43)26-14-28-50-46/h1-32H. The minimum atomic E-state index is -3.24. The predicted molar refractivity (Wildman–Crippen MR) is 229 cm³/mol. The highest BCUT2D eigenvalue weighted by atomic mass is 31.2. The molecule has 264 valence electrons. The van der Waals surface area contributed by atoms with E-state index in [4.69, 9.17) is 24.9 Å². The number of pyridine rings is 2. The summed E-state index contributed by atoms with van der Waals surface area (Å²) in [5.41, 5.74) is 7.18. The molecule has 56 heavy (non-hydrogen) atoms. The molecule has 0 aliphatic heterocycles. The molecule has 3 heterocycles. The second kappa shape index (κ2) is 13.9. The Kier molecular flexibility index (Phi) is 8.32. The molecule has 0 amide bonds. The Bertz CT molecular complexity index is 3080. The number of nitrogens with zero attached hydrogens (tertiary/aromatic N) is 5. The van der Waals surface area contributed by atoms with Crippen LogP contribution in [0.25, 0.3) is 78.0 Å². The average Bonchev–Trinajstić information content (AvgIpc) is 3.28. The summed E-state index contributed by atoms with van der Waals surface area (Å²) in [5, 5.41) is 5.35. The first kappa shape index (κ1) is 33.4. The van der Waals surface area contributed by atoms with E-state index in [0.717, 1.165) is 71.1 Å². The van der Waals surface area contributed by atoms with Gasteiger partial charge < -0.3 is 4.57 Å². The molecule has 0 N–H and O–H groups in total. The summed E-state index contributed by atoms with van der Waals surface area (Å²) in [7, 11) is -3.24. The smallest absolute Gasteiger partial charge is 0.171 e. The number of hydrogen-bond acceptors (Lipinski definition) is 6. The van der Waals surface area contributed by atoms with Gasteiger partial charge in [-0.3, -0.25) is 4.98 Å². The van der Waals surface area contributed by atoms with E-state index < -0.39 is 7.14 Å². The van der Waals surface area contributed by atoms with Crippen molar-refractivity contribution in [2.45, 2.75) is 0 Å². The van der Waals surface area contributed by atoms with E-state index >= 15 is 4.57 Å². The molecule has 0 spiro atoms. The Morgan fingerprint density at radius 3 is 1.64 bits per heavy atom. The van der Waals surface area contributed by atoms with Crippen molar-refractivity contribution in [3.05, 3.63) is 194 Å². The van der Waals surface area contributed by atoms with Gasteiger partial charge in [0.1, 0.15) is 0 Å². The molecular formula is C49H32N5OP. The lowest BCUT2D eigenvalue weighted by Crippen LogP contribution is -2.25. The number of benzene rings is 7. The number of hydrogen-bond donors (Lipinski definition) is 0. The molecular weight excluding hydrogens is 706 g/mol. The van der Waals surface area contributed by atoms with Gasteiger partial charge in [-0.05, 0) is 47.5 Å². The summed E-state index contributed by atoms with van der Waals surface area (Å²) < 4.78 is 15.3. The topological polar surface area (TPSA) is 81.5 Å². The van der Waals surface area contributed by atoms with Crippen molar-refractivity contribution < 1.29 is 4.57 Å². The summed E-state index contributed by atoms with van der Waals surface area (Å²) in [6.45, 7) is 0. The molecule has 7 heteroatoms. The van der Waals surface area contributed by atoms with Crippen molar-refractivity contribution in [3.63, 3.8) is 0 Å². The fraction of sp³-hybridized carbons (Fsp3) is 0. The largest absolute Gasteiger partial charge is 0.309 e. The van der Waals surface area contributed by atoms with E-state index in [1.165, 1.54) is 0 Å². The molecule has 10 aromatic rings. The van der Waals surface area contributed by atoms with Gasteiger partial charge >= 0.3 is 0 Å². The maximum absolute atomic E-state index is 15.3. The van der Waals surface area contributed by atoms with Gasteiger partial charge in [0.25, 0.3) is 0 Å². The minimum absolute atomic E-state index is 0.493. The molecule has 7 aromatic carbocycles. The summed E-state index contributed by atoms with van der Waals surface area (Å²) in [6, 6.07) is 62.1. The molecule has 0 aliphatic rings. The zero-order valence-corrected chi connectivity index (χ0v) is 31.0. The SMILES string of the molecule is O=P(c1ccccc1)(c1ccccc1)c1cccc(-c2nc(-c3ccccc3)nc(-c3cccc(-c4cc5cc6ccccc6nc5c5ncccc45)c3)n2)c1. The summed E-state index contributed by atoms with van der Waals surface area (Å²) in [5.74, 6) is 1.58. The second-order valence-electron chi connectivity index (χ2n) is 13.7. The van der Waals surface area contributed by atoms with E-state index in [1.807, 2.05) is 158 Å². The second-order valence-corrected chi connectivity index (χ2v) is 16.4. The van der Waals surface area contributed by atoms with Crippen LogP contribution in [0.1, 0.15) is 0 Å². The summed E-state index contributed by atoms with van der Waals surface area (Å²) in [6.07, 6.45) is 1.82. The van der Waals surface area contributed by atoms with Gasteiger partial charge in [0.15, 0.2) is 24.6 Å². The Balaban J connectivity index is 1.14. The van der Waals surface area contributed by atoms with E-state index in [9.17, 15) is 0 Å². The van der Waals surface area contributed by atoms with Gasteiger partial charge in [-0.1, -0.05) is 152 Å². The highest BCUT2D eigenvalue weighted by Gasteiger charge is 2.30. The van der Waals surface area contributed by atoms with Crippen LogP contribution in [0, 0.1) is 0 Å². The quantitative estimate of drug-likeness (QED) is 0.0920. The first-order valence-corrected chi connectivity index (χ1v) is 20.1. The van der Waals surface area contributed by atoms with Crippen molar-refractivity contribution in [1.29, 1.82) is 0 Å². The zero-order valence-electron chi connectivity index (χ0n) is 30.1. The van der Waals surface area contributed by atoms with Crippen molar-refractivity contribution in [2.24, 2.45) is 0 Å². The third-order valence-electron chi connectivity index (χ3n) is 10.2. The molecule has 0 aliphatic carbocycles. The summed E-state index contributed by atoms with van der Waals surface area (Å²) in [4.78, 5) is 25.0. The fourth-order valence-electron chi connectivity index (χ4n) is 7.46. The minimum Gasteiger partial charge on any atom is -0.309 e. The van der Waals surface area contributed by atoms with E-state index in [-0.39, 0.29) is 0 Å². The average molecular weight is 738 g/mol. The monoisotopic (exact) mass is 737 g/mol. The van der Waals surface area contributed by atoms with Crippen LogP contribution in [-0.4, -0.2) is 24.9 Å². The zero-order chi connectivity index (χ0) is 37.5. The Labute approximate surface area is 323 Å². The van der Waals surface area contributed by atoms with Crippen molar-refractivity contribution in [1.82, 2.24) is 24.9 Å². The van der Waals surface area contributed by atoms with E-state index in [0.29, 0.717) is 22.8 Å². The molecule has 10 rings (SSSR count). The molecule has 0 fully saturated rings. The van der Waals surface area contributed by atoms with Crippen LogP contribution in [0.15, 0.2) is 194 Å². The third-order valence-corrected chi connectivity index (χ3v) is 13.2. The highest BCUT2D eigenvalue weighted by molar-refractivity contribution is 7.85. The van der Waals surface area contributed by atoms with Gasteiger partial charge in [0.2, 0.25) is 0 Å². The van der Waals surface area contributed by atoms with Gasteiger partial charge in [-0.15, -0.1) is 0 Å². The van der Waals surface area contributed by atoms with Crippen LogP contribution in [0.2, 0.25) is 0 Å². The Morgan fingerprint density at radius 1 is 0.375 bits per heavy atom. The molecule has 0 bridgehead atoms. The summed E-state index contributed by atoms with van der Waals surface area (Å²) >= 11 is 0. The maximum atomic E-state index is 15.3. The first-order valence-electron chi connectivity index (χ1n) is 18.4. The lowest BCUT2D eigenvalue weighted by Gasteiger charge is -2.20. The third kappa shape index (κ3) is 5.94. The molecule has 0 saturated carbocycles. The molecule has 3 aromatic heterocycles. The fourth-order valence-corrected chi connectivity index (χ4v) is 10.2. The molecule has 0 radical (unpaired) electrons. The van der Waals surface area contributed by atoms with Crippen molar-refractivity contribution in [2.75, 3.05) is 0 Å². The number of fused-ring (bicyclic) bond motifs is 4. The molecule has 6 nitrogen and oxygen atoms in total. The lowest BCUT2D eigenvalue weighted by molar-refractivity contribution is 0.592. The van der Waals surface area contributed by atoms with Crippen LogP contribution in [0.5, 0.6) is 0 Å². The van der Waals surface area contributed by atoms with Gasteiger partial charge in [0.05, 0.1) is 16.6 Å². The van der Waals surface area contributed by atoms with Crippen LogP contribution in [-0.2, 0) is 4.57 Å². The first-order chi connectivity index (χ1) is 27.6. The van der Waals surface area contributed by atoms with Gasteiger partial charge in [0, 0.05) is 55.0 Å². The van der Waals surface area contributed by atoms with E-state index in [2.05, 4.69) is 36.4 Å². The molecule has 0 atom stereocenters. The van der Waals surface area contributed by atoms with Crippen LogP contribution < -0.4 is 15.9 Å². The number of aromatic nitrogens is 5. The van der Waals surface area contributed by atoms with E-state index in [1.54, 1.807) is 0 Å². The van der Waals surface area contributed by atoms with Crippen LogP contribution >= 0.6 is 7.14 Å². The number of para-hydroxylation sites is 1. The molecule has 0 saturated heterocycles. The Morgan fingerprint density at radius 2 is 0.929 bits per heavy atom. The van der Waals surface area contributed by atoms with Crippen LogP contribution in [0.3, 0.4) is 0 Å². The number of rotatable bonds is 7.